The fourth-order valence-corrected chi connectivity index (χ4v) is 3.12. The molecule has 3 aromatic rings. The highest BCUT2D eigenvalue weighted by molar-refractivity contribution is 5.97. The van der Waals surface area contributed by atoms with Crippen molar-refractivity contribution in [1.29, 1.82) is 0 Å². The largest absolute Gasteiger partial charge is 0.507 e. The van der Waals surface area contributed by atoms with Crippen LogP contribution in [0.25, 0.3) is 11.3 Å². The van der Waals surface area contributed by atoms with Crippen molar-refractivity contribution in [3.8, 4) is 17.1 Å². The standard InChI is InChI=1S/C20H18N4O4/c25-17-6-2-1-5-15(17)19(26)23-8-10-24(11-9-23)20(27)16-12-18(28-22-16)14-4-3-7-21-13-14/h1-7,12-13,25H,8-11H2. The summed E-state index contributed by atoms with van der Waals surface area (Å²) in [5.74, 6) is -0.0552. The number of benzene rings is 1. The van der Waals surface area contributed by atoms with Crippen molar-refractivity contribution in [3.63, 3.8) is 0 Å². The Kier molecular flexibility index (Phi) is 4.76. The van der Waals surface area contributed by atoms with Crippen LogP contribution in [-0.2, 0) is 0 Å². The normalized spacial score (nSPS) is 14.1. The van der Waals surface area contributed by atoms with E-state index in [4.69, 9.17) is 4.52 Å². The summed E-state index contributed by atoms with van der Waals surface area (Å²) in [6, 6.07) is 11.6. The fraction of sp³-hybridized carbons (Fsp3) is 0.200. The number of aromatic hydroxyl groups is 1. The molecule has 1 N–H and O–H groups in total. The summed E-state index contributed by atoms with van der Waals surface area (Å²) in [4.78, 5) is 32.5. The minimum absolute atomic E-state index is 0.0449. The van der Waals surface area contributed by atoms with Gasteiger partial charge in [-0.3, -0.25) is 14.6 Å². The Morgan fingerprint density at radius 3 is 2.36 bits per heavy atom. The van der Waals surface area contributed by atoms with Gasteiger partial charge in [0.25, 0.3) is 11.8 Å². The number of pyridine rings is 1. The predicted octanol–water partition coefficient (Wildman–Crippen LogP) is 2.04. The van der Waals surface area contributed by atoms with Crippen LogP contribution in [0.5, 0.6) is 5.75 Å². The van der Waals surface area contributed by atoms with Crippen LogP contribution in [0.1, 0.15) is 20.8 Å². The number of carbonyl (C=O) groups is 2. The molecule has 0 unspecified atom stereocenters. The molecule has 0 saturated carbocycles. The molecule has 1 saturated heterocycles. The van der Waals surface area contributed by atoms with Crippen molar-refractivity contribution in [3.05, 3.63) is 66.1 Å². The molecule has 0 bridgehead atoms. The van der Waals surface area contributed by atoms with Crippen molar-refractivity contribution < 1.29 is 19.2 Å². The number of phenols is 1. The maximum Gasteiger partial charge on any atom is 0.276 e. The minimum Gasteiger partial charge on any atom is -0.507 e. The monoisotopic (exact) mass is 378 g/mol. The quantitative estimate of drug-likeness (QED) is 0.749. The first-order valence-electron chi connectivity index (χ1n) is 8.87. The number of carbonyl (C=O) groups excluding carboxylic acids is 2. The van der Waals surface area contributed by atoms with Crippen molar-refractivity contribution in [2.45, 2.75) is 0 Å². The molecule has 0 aliphatic carbocycles. The van der Waals surface area contributed by atoms with Gasteiger partial charge >= 0.3 is 0 Å². The second-order valence-corrected chi connectivity index (χ2v) is 6.42. The summed E-state index contributed by atoms with van der Waals surface area (Å²) in [5, 5.41) is 13.7. The van der Waals surface area contributed by atoms with Gasteiger partial charge in [0.1, 0.15) is 5.75 Å². The van der Waals surface area contributed by atoms with Gasteiger partial charge in [-0.15, -0.1) is 0 Å². The van der Waals surface area contributed by atoms with E-state index in [2.05, 4.69) is 10.1 Å². The van der Waals surface area contributed by atoms with Gasteiger partial charge in [0.15, 0.2) is 11.5 Å². The van der Waals surface area contributed by atoms with Crippen molar-refractivity contribution >= 4 is 11.8 Å². The molecule has 2 aromatic heterocycles. The summed E-state index contributed by atoms with van der Waals surface area (Å²) < 4.78 is 5.26. The van der Waals surface area contributed by atoms with Crippen LogP contribution >= 0.6 is 0 Å². The molecule has 28 heavy (non-hydrogen) atoms. The number of hydrogen-bond acceptors (Lipinski definition) is 6. The Bertz CT molecular complexity index is 994. The summed E-state index contributed by atoms with van der Waals surface area (Å²) in [6.07, 6.45) is 3.29. The zero-order valence-corrected chi connectivity index (χ0v) is 15.0. The lowest BCUT2D eigenvalue weighted by Crippen LogP contribution is -2.50. The van der Waals surface area contributed by atoms with E-state index in [0.717, 1.165) is 5.56 Å². The van der Waals surface area contributed by atoms with E-state index in [-0.39, 0.29) is 28.8 Å². The molecule has 1 fully saturated rings. The van der Waals surface area contributed by atoms with Gasteiger partial charge in [0, 0.05) is 50.2 Å². The molecule has 4 rings (SSSR count). The molecule has 0 spiro atoms. The number of amides is 2. The minimum atomic E-state index is -0.245. The second-order valence-electron chi connectivity index (χ2n) is 6.42. The molecule has 0 atom stereocenters. The number of aromatic nitrogens is 2. The van der Waals surface area contributed by atoms with Crippen LogP contribution in [0.3, 0.4) is 0 Å². The summed E-state index contributed by atoms with van der Waals surface area (Å²) in [6.45, 7) is 1.53. The molecule has 8 nitrogen and oxygen atoms in total. The van der Waals surface area contributed by atoms with Crippen LogP contribution in [0.2, 0.25) is 0 Å². The molecule has 1 aliphatic heterocycles. The van der Waals surface area contributed by atoms with E-state index in [1.165, 1.54) is 6.07 Å². The molecule has 2 amide bonds. The number of phenolic OH excluding ortho intramolecular Hbond substituents is 1. The third kappa shape index (κ3) is 3.44. The van der Waals surface area contributed by atoms with E-state index in [0.29, 0.717) is 31.9 Å². The van der Waals surface area contributed by atoms with Gasteiger partial charge in [0.05, 0.1) is 5.56 Å². The topological polar surface area (TPSA) is 99.8 Å². The fourth-order valence-electron chi connectivity index (χ4n) is 3.12. The van der Waals surface area contributed by atoms with Gasteiger partial charge < -0.3 is 19.4 Å². The summed E-state index contributed by atoms with van der Waals surface area (Å²) in [5.41, 5.74) is 1.23. The van der Waals surface area contributed by atoms with Gasteiger partial charge in [-0.1, -0.05) is 17.3 Å². The van der Waals surface area contributed by atoms with Crippen molar-refractivity contribution in [2.24, 2.45) is 0 Å². The Morgan fingerprint density at radius 1 is 0.964 bits per heavy atom. The number of nitrogens with zero attached hydrogens (tertiary/aromatic N) is 4. The highest BCUT2D eigenvalue weighted by Gasteiger charge is 2.28. The summed E-state index contributed by atoms with van der Waals surface area (Å²) in [7, 11) is 0. The van der Waals surface area contributed by atoms with E-state index in [1.807, 2.05) is 6.07 Å². The van der Waals surface area contributed by atoms with E-state index in [9.17, 15) is 14.7 Å². The average molecular weight is 378 g/mol. The lowest BCUT2D eigenvalue weighted by Gasteiger charge is -2.34. The number of para-hydroxylation sites is 1. The molecular formula is C20H18N4O4. The van der Waals surface area contributed by atoms with Gasteiger partial charge in [-0.25, -0.2) is 0 Å². The SMILES string of the molecule is O=C(c1cc(-c2cccnc2)on1)N1CCN(C(=O)c2ccccc2O)CC1. The smallest absolute Gasteiger partial charge is 0.276 e. The molecule has 8 heteroatoms. The first-order chi connectivity index (χ1) is 13.6. The molecular weight excluding hydrogens is 360 g/mol. The van der Waals surface area contributed by atoms with Crippen molar-refractivity contribution in [2.75, 3.05) is 26.2 Å². The summed E-state index contributed by atoms with van der Waals surface area (Å²) >= 11 is 0. The zero-order valence-electron chi connectivity index (χ0n) is 15.0. The first-order valence-corrected chi connectivity index (χ1v) is 8.87. The molecule has 0 radical (unpaired) electrons. The Morgan fingerprint density at radius 2 is 1.68 bits per heavy atom. The number of rotatable bonds is 3. The molecule has 1 aliphatic rings. The van der Waals surface area contributed by atoms with Gasteiger partial charge in [-0.05, 0) is 24.3 Å². The van der Waals surface area contributed by atoms with Crippen LogP contribution in [-0.4, -0.2) is 63.0 Å². The van der Waals surface area contributed by atoms with E-state index < -0.39 is 0 Å². The highest BCUT2D eigenvalue weighted by Crippen LogP contribution is 2.21. The average Bonchev–Trinajstić information content (AvgIpc) is 3.24. The highest BCUT2D eigenvalue weighted by atomic mass is 16.5. The molecule has 1 aromatic carbocycles. The first kappa shape index (κ1) is 17.7. The lowest BCUT2D eigenvalue weighted by atomic mass is 10.1. The predicted molar refractivity (Wildman–Crippen MR) is 99.6 cm³/mol. The number of hydrogen-bond donors (Lipinski definition) is 1. The Balaban J connectivity index is 1.40. The Labute approximate surface area is 161 Å². The van der Waals surface area contributed by atoms with Crippen LogP contribution in [0, 0.1) is 0 Å². The molecule has 142 valence electrons. The van der Waals surface area contributed by atoms with Gasteiger partial charge in [-0.2, -0.15) is 0 Å². The maximum atomic E-state index is 12.7. The van der Waals surface area contributed by atoms with E-state index >= 15 is 0 Å². The molecule has 3 heterocycles. The van der Waals surface area contributed by atoms with Crippen LogP contribution < -0.4 is 0 Å². The lowest BCUT2D eigenvalue weighted by molar-refractivity contribution is 0.0528. The third-order valence-corrected chi connectivity index (χ3v) is 4.66. The van der Waals surface area contributed by atoms with Gasteiger partial charge in [0.2, 0.25) is 0 Å². The number of piperazine rings is 1. The zero-order chi connectivity index (χ0) is 19.5. The third-order valence-electron chi connectivity index (χ3n) is 4.66. The van der Waals surface area contributed by atoms with Crippen molar-refractivity contribution in [1.82, 2.24) is 19.9 Å². The maximum absolute atomic E-state index is 12.7. The van der Waals surface area contributed by atoms with Crippen LogP contribution in [0.4, 0.5) is 0 Å². The van der Waals surface area contributed by atoms with Crippen LogP contribution in [0.15, 0.2) is 59.4 Å². The van der Waals surface area contributed by atoms with E-state index in [1.54, 1.807) is 52.5 Å². The Hall–Kier alpha value is -3.68. The second kappa shape index (κ2) is 7.51.